The lowest BCUT2D eigenvalue weighted by Gasteiger charge is -2.13. The maximum atomic E-state index is 5.72. The first-order valence-electron chi connectivity index (χ1n) is 19.0. The fraction of sp³-hybridized carbons (Fsp3) is 0. The zero-order valence-electron chi connectivity index (χ0n) is 29.7. The van der Waals surface area contributed by atoms with Gasteiger partial charge in [0.05, 0.1) is 48.8 Å². The van der Waals surface area contributed by atoms with Gasteiger partial charge in [-0.15, -0.1) is 11.3 Å². The average molecular weight is 730 g/mol. The minimum absolute atomic E-state index is 0.664. The van der Waals surface area contributed by atoms with Crippen LogP contribution in [0.2, 0.25) is 0 Å². The van der Waals surface area contributed by atoms with Crippen LogP contribution in [0.15, 0.2) is 164 Å². The summed E-state index contributed by atoms with van der Waals surface area (Å²) in [5, 5.41) is 13.4. The van der Waals surface area contributed by atoms with Gasteiger partial charge >= 0.3 is 0 Å². The second-order valence-corrected chi connectivity index (χ2v) is 16.0. The van der Waals surface area contributed by atoms with Gasteiger partial charge in [0.15, 0.2) is 5.82 Å². The maximum absolute atomic E-state index is 5.72. The van der Waals surface area contributed by atoms with Crippen molar-refractivity contribution in [2.45, 2.75) is 0 Å². The van der Waals surface area contributed by atoms with Crippen molar-refractivity contribution < 1.29 is 0 Å². The van der Waals surface area contributed by atoms with E-state index in [1.165, 1.54) is 80.6 Å². The molecule has 0 N–H and O–H groups in total. The lowest BCUT2D eigenvalue weighted by molar-refractivity contribution is 0.977. The van der Waals surface area contributed by atoms with Gasteiger partial charge in [0, 0.05) is 53.2 Å². The van der Waals surface area contributed by atoms with Gasteiger partial charge in [-0.1, -0.05) is 115 Å². The van der Waals surface area contributed by atoms with E-state index in [9.17, 15) is 0 Å². The van der Waals surface area contributed by atoms with Crippen LogP contribution in [0.4, 0.5) is 0 Å². The Bertz CT molecular complexity index is 3960. The monoisotopic (exact) mass is 729 g/mol. The first-order valence-corrected chi connectivity index (χ1v) is 19.8. The van der Waals surface area contributed by atoms with Gasteiger partial charge in [-0.25, -0.2) is 4.98 Å². The number of benzene rings is 8. The van der Waals surface area contributed by atoms with Crippen LogP contribution in [-0.4, -0.2) is 23.5 Å². The summed E-state index contributed by atoms with van der Waals surface area (Å²) in [6, 6.07) is 59.6. The molecule has 6 heteroatoms. The SMILES string of the molecule is c1ccc2cc3c(cc2c1)c1c2c(cc4c5ccccc5n3c41)c1ccccc1n2-c1nc(-n2c3ccccc3c3ccccc32)nc2c1sc1ccccc12. The third kappa shape index (κ3) is 3.51. The molecule has 56 heavy (non-hydrogen) atoms. The van der Waals surface area contributed by atoms with Gasteiger partial charge in [-0.05, 0) is 59.3 Å². The van der Waals surface area contributed by atoms with E-state index in [1.54, 1.807) is 11.3 Å². The molecule has 0 aliphatic rings. The molecule has 0 atom stereocenters. The van der Waals surface area contributed by atoms with Crippen LogP contribution >= 0.6 is 11.3 Å². The summed E-state index contributed by atoms with van der Waals surface area (Å²) in [4.78, 5) is 11.2. The van der Waals surface area contributed by atoms with Gasteiger partial charge in [0.1, 0.15) is 0 Å². The molecule has 258 valence electrons. The predicted octanol–water partition coefficient (Wildman–Crippen LogP) is 13.3. The molecule has 6 aromatic heterocycles. The minimum Gasteiger partial charge on any atom is -0.308 e. The molecule has 0 aliphatic heterocycles. The Labute approximate surface area is 321 Å². The van der Waals surface area contributed by atoms with Crippen LogP contribution in [0.1, 0.15) is 0 Å². The molecular weight excluding hydrogens is 703 g/mol. The summed E-state index contributed by atoms with van der Waals surface area (Å²) in [5.74, 6) is 1.56. The number of fused-ring (bicyclic) bond motifs is 17. The highest BCUT2D eigenvalue weighted by Crippen LogP contribution is 2.48. The largest absolute Gasteiger partial charge is 0.308 e. The fourth-order valence-electron chi connectivity index (χ4n) is 9.86. The first kappa shape index (κ1) is 29.1. The Morgan fingerprint density at radius 3 is 1.64 bits per heavy atom. The molecular formula is C50H27N5S. The second kappa shape index (κ2) is 10.3. The number of para-hydroxylation sites is 4. The molecule has 0 saturated carbocycles. The molecule has 0 aliphatic carbocycles. The highest BCUT2D eigenvalue weighted by Gasteiger charge is 2.27. The van der Waals surface area contributed by atoms with E-state index in [4.69, 9.17) is 9.97 Å². The number of aromatic nitrogens is 5. The van der Waals surface area contributed by atoms with Gasteiger partial charge in [-0.2, -0.15) is 4.98 Å². The van der Waals surface area contributed by atoms with Crippen molar-refractivity contribution in [2.24, 2.45) is 0 Å². The summed E-state index contributed by atoms with van der Waals surface area (Å²) in [7, 11) is 0. The number of nitrogens with zero attached hydrogens (tertiary/aromatic N) is 5. The van der Waals surface area contributed by atoms with E-state index in [0.717, 1.165) is 38.0 Å². The van der Waals surface area contributed by atoms with Crippen molar-refractivity contribution >= 4 is 124 Å². The van der Waals surface area contributed by atoms with Crippen molar-refractivity contribution in [1.29, 1.82) is 0 Å². The van der Waals surface area contributed by atoms with Gasteiger partial charge in [0.25, 0.3) is 0 Å². The molecule has 0 fully saturated rings. The standard InChI is InChI=1S/C50H27N5S/c1-2-14-29-26-42-37(25-28(29)13-1)44-46-35(32-17-5-8-20-38(32)53(42)46)27-36-33-18-6-11-23-41(33)55(47(36)44)49-48-45(34-19-7-12-24-43(34)56-48)51-50(52-49)54-39-21-9-3-15-30(39)31-16-4-10-22-40(31)54/h1-27H. The molecule has 0 spiro atoms. The fourth-order valence-corrected chi connectivity index (χ4v) is 11.0. The van der Waals surface area contributed by atoms with Gasteiger partial charge in [0.2, 0.25) is 5.95 Å². The van der Waals surface area contributed by atoms with Crippen molar-refractivity contribution in [3.8, 4) is 11.8 Å². The molecule has 6 heterocycles. The quantitative estimate of drug-likeness (QED) is 0.178. The van der Waals surface area contributed by atoms with Crippen molar-refractivity contribution in [3.05, 3.63) is 164 Å². The number of hydrogen-bond acceptors (Lipinski definition) is 3. The van der Waals surface area contributed by atoms with Crippen LogP contribution in [-0.2, 0) is 0 Å². The van der Waals surface area contributed by atoms with E-state index < -0.39 is 0 Å². The Balaban J connectivity index is 1.24. The van der Waals surface area contributed by atoms with Crippen LogP contribution in [0.25, 0.3) is 125 Å². The van der Waals surface area contributed by atoms with Crippen molar-refractivity contribution in [1.82, 2.24) is 23.5 Å². The lowest BCUT2D eigenvalue weighted by Crippen LogP contribution is -2.06. The second-order valence-electron chi connectivity index (χ2n) is 15.0. The predicted molar refractivity (Wildman–Crippen MR) is 236 cm³/mol. The summed E-state index contributed by atoms with van der Waals surface area (Å²) >= 11 is 1.78. The van der Waals surface area contributed by atoms with E-state index in [-0.39, 0.29) is 0 Å². The van der Waals surface area contributed by atoms with Crippen molar-refractivity contribution in [2.75, 3.05) is 0 Å². The van der Waals surface area contributed by atoms with Gasteiger partial charge in [-0.3, -0.25) is 9.13 Å². The third-order valence-corrected chi connectivity index (χ3v) is 13.3. The van der Waals surface area contributed by atoms with Crippen LogP contribution in [0, 0.1) is 0 Å². The molecule has 0 unspecified atom stereocenters. The summed E-state index contributed by atoms with van der Waals surface area (Å²) in [6.07, 6.45) is 0. The first-order chi connectivity index (χ1) is 27.8. The zero-order valence-corrected chi connectivity index (χ0v) is 30.5. The Morgan fingerprint density at radius 1 is 0.393 bits per heavy atom. The highest BCUT2D eigenvalue weighted by atomic mass is 32.1. The van der Waals surface area contributed by atoms with Crippen molar-refractivity contribution in [3.63, 3.8) is 0 Å². The topological polar surface area (TPSA) is 40.0 Å². The Kier molecular flexibility index (Phi) is 5.34. The van der Waals surface area contributed by atoms with E-state index in [0.29, 0.717) is 5.95 Å². The highest BCUT2D eigenvalue weighted by molar-refractivity contribution is 7.26. The molecule has 5 nitrogen and oxygen atoms in total. The lowest BCUT2D eigenvalue weighted by atomic mass is 10.0. The molecule has 0 radical (unpaired) electrons. The van der Waals surface area contributed by atoms with E-state index in [1.807, 2.05) is 0 Å². The van der Waals surface area contributed by atoms with E-state index >= 15 is 0 Å². The average Bonchev–Trinajstić information content (AvgIpc) is 4.04. The third-order valence-electron chi connectivity index (χ3n) is 12.1. The molecule has 0 amide bonds. The number of rotatable bonds is 2. The zero-order chi connectivity index (χ0) is 36.2. The number of thiophene rings is 1. The minimum atomic E-state index is 0.664. The Morgan fingerprint density at radius 2 is 0.929 bits per heavy atom. The molecule has 0 bridgehead atoms. The smallest absolute Gasteiger partial charge is 0.237 e. The normalized spacial score (nSPS) is 12.6. The number of hydrogen-bond donors (Lipinski definition) is 0. The van der Waals surface area contributed by atoms with Crippen LogP contribution < -0.4 is 0 Å². The summed E-state index contributed by atoms with van der Waals surface area (Å²) < 4.78 is 9.49. The van der Waals surface area contributed by atoms with E-state index in [2.05, 4.69) is 177 Å². The molecule has 0 saturated heterocycles. The van der Waals surface area contributed by atoms with Crippen LogP contribution in [0.5, 0.6) is 0 Å². The molecule has 14 aromatic rings. The molecule has 8 aromatic carbocycles. The summed E-state index contributed by atoms with van der Waals surface area (Å²) in [6.45, 7) is 0. The van der Waals surface area contributed by atoms with Gasteiger partial charge < -0.3 is 4.40 Å². The maximum Gasteiger partial charge on any atom is 0.237 e. The summed E-state index contributed by atoms with van der Waals surface area (Å²) in [5.41, 5.74) is 9.13. The molecule has 14 rings (SSSR count). The Hall–Kier alpha value is -7.28. The van der Waals surface area contributed by atoms with Crippen LogP contribution in [0.3, 0.4) is 0 Å².